The molecule has 1 aromatic carbocycles. The van der Waals surface area contributed by atoms with Gasteiger partial charge in [-0.3, -0.25) is 4.68 Å². The average molecular weight is 308 g/mol. The molecule has 0 saturated heterocycles. The highest BCUT2D eigenvalue weighted by Crippen LogP contribution is 2.20. The largest absolute Gasteiger partial charge is 0.496 e. The molecule has 1 N–H and O–H groups in total. The maximum atomic E-state index is 6.29. The van der Waals surface area contributed by atoms with Gasteiger partial charge >= 0.3 is 0 Å². The van der Waals surface area contributed by atoms with E-state index >= 15 is 0 Å². The summed E-state index contributed by atoms with van der Waals surface area (Å²) in [5, 5.41) is 8.61. The van der Waals surface area contributed by atoms with Crippen LogP contribution in [-0.4, -0.2) is 23.4 Å². The van der Waals surface area contributed by atoms with Crippen LogP contribution in [0.3, 0.4) is 0 Å². The molecule has 0 atom stereocenters. The van der Waals surface area contributed by atoms with Crippen LogP contribution in [0.2, 0.25) is 5.02 Å². The lowest BCUT2D eigenvalue weighted by molar-refractivity contribution is 0.409. The minimum atomic E-state index is 0.725. The van der Waals surface area contributed by atoms with Crippen molar-refractivity contribution in [2.45, 2.75) is 33.4 Å². The molecule has 0 aliphatic carbocycles. The molecule has 21 heavy (non-hydrogen) atoms. The fraction of sp³-hybridized carbons (Fsp3) is 0.438. The number of methoxy groups -OCH3 is 1. The molecule has 0 saturated carbocycles. The number of nitrogens with one attached hydrogen (secondary N) is 1. The molecule has 0 radical (unpaired) electrons. The van der Waals surface area contributed by atoms with Crippen LogP contribution >= 0.6 is 11.6 Å². The number of nitrogens with zero attached hydrogens (tertiary/aromatic N) is 2. The highest BCUT2D eigenvalue weighted by Gasteiger charge is 2.11. The van der Waals surface area contributed by atoms with E-state index in [2.05, 4.69) is 23.4 Å². The first-order chi connectivity index (χ1) is 10.2. The number of halogens is 1. The maximum Gasteiger partial charge on any atom is 0.122 e. The zero-order chi connectivity index (χ0) is 15.2. The Morgan fingerprint density at radius 3 is 2.81 bits per heavy atom. The van der Waals surface area contributed by atoms with Gasteiger partial charge in [-0.2, -0.15) is 5.10 Å². The normalized spacial score (nSPS) is 10.9. The molecule has 114 valence electrons. The summed E-state index contributed by atoms with van der Waals surface area (Å²) in [5.41, 5.74) is 3.15. The van der Waals surface area contributed by atoms with E-state index in [1.807, 2.05) is 29.8 Å². The van der Waals surface area contributed by atoms with Crippen LogP contribution < -0.4 is 10.1 Å². The van der Waals surface area contributed by atoms with Gasteiger partial charge in [0.2, 0.25) is 0 Å². The number of rotatable bonds is 7. The Kier molecular flexibility index (Phi) is 5.65. The van der Waals surface area contributed by atoms with Gasteiger partial charge in [0.25, 0.3) is 0 Å². The lowest BCUT2D eigenvalue weighted by Crippen LogP contribution is -2.19. The summed E-state index contributed by atoms with van der Waals surface area (Å²) in [7, 11) is 1.70. The van der Waals surface area contributed by atoms with E-state index in [-0.39, 0.29) is 0 Å². The van der Waals surface area contributed by atoms with E-state index in [0.29, 0.717) is 0 Å². The van der Waals surface area contributed by atoms with Crippen molar-refractivity contribution >= 4 is 11.6 Å². The number of benzene rings is 1. The minimum absolute atomic E-state index is 0.725. The van der Waals surface area contributed by atoms with E-state index in [0.717, 1.165) is 48.2 Å². The van der Waals surface area contributed by atoms with Crippen molar-refractivity contribution in [3.05, 3.63) is 46.2 Å². The number of aryl methyl sites for hydroxylation is 2. The van der Waals surface area contributed by atoms with Crippen LogP contribution in [0, 0.1) is 6.92 Å². The molecule has 1 heterocycles. The average Bonchev–Trinajstić information content (AvgIpc) is 2.79. The van der Waals surface area contributed by atoms with Crippen LogP contribution in [0.25, 0.3) is 0 Å². The van der Waals surface area contributed by atoms with Crippen molar-refractivity contribution in [1.29, 1.82) is 0 Å². The predicted octanol–water partition coefficient (Wildman–Crippen LogP) is 3.21. The van der Waals surface area contributed by atoms with E-state index < -0.39 is 0 Å². The van der Waals surface area contributed by atoms with Crippen LogP contribution in [0.5, 0.6) is 5.75 Å². The summed E-state index contributed by atoms with van der Waals surface area (Å²) in [4.78, 5) is 0. The predicted molar refractivity (Wildman–Crippen MR) is 86.1 cm³/mol. The number of ether oxygens (including phenoxy) is 1. The Balaban J connectivity index is 1.90. The van der Waals surface area contributed by atoms with Crippen molar-refractivity contribution in [2.24, 2.45) is 0 Å². The molecule has 0 aliphatic rings. The summed E-state index contributed by atoms with van der Waals surface area (Å²) >= 11 is 6.29. The van der Waals surface area contributed by atoms with Gasteiger partial charge in [-0.15, -0.1) is 0 Å². The van der Waals surface area contributed by atoms with Crippen molar-refractivity contribution in [3.63, 3.8) is 0 Å². The molecule has 1 aromatic heterocycles. The zero-order valence-corrected chi connectivity index (χ0v) is 13.6. The molecule has 0 bridgehead atoms. The fourth-order valence-corrected chi connectivity index (χ4v) is 2.58. The molecule has 0 amide bonds. The van der Waals surface area contributed by atoms with Crippen LogP contribution in [0.4, 0.5) is 0 Å². The monoisotopic (exact) mass is 307 g/mol. The highest BCUT2D eigenvalue weighted by molar-refractivity contribution is 6.31. The minimum Gasteiger partial charge on any atom is -0.496 e. The molecule has 0 unspecified atom stereocenters. The number of para-hydroxylation sites is 1. The maximum absolute atomic E-state index is 6.29. The van der Waals surface area contributed by atoms with Crippen molar-refractivity contribution < 1.29 is 4.74 Å². The summed E-state index contributed by atoms with van der Waals surface area (Å²) in [5.74, 6) is 0.937. The van der Waals surface area contributed by atoms with Gasteiger partial charge in [0.15, 0.2) is 0 Å². The summed E-state index contributed by atoms with van der Waals surface area (Å²) in [6.45, 7) is 6.43. The summed E-state index contributed by atoms with van der Waals surface area (Å²) in [6, 6.07) is 8.10. The lowest BCUT2D eigenvalue weighted by atomic mass is 10.1. The Bertz CT molecular complexity index is 595. The highest BCUT2D eigenvalue weighted by atomic mass is 35.5. The van der Waals surface area contributed by atoms with Crippen LogP contribution in [0.15, 0.2) is 24.3 Å². The molecule has 0 fully saturated rings. The van der Waals surface area contributed by atoms with Gasteiger partial charge in [-0.05, 0) is 38.4 Å². The van der Waals surface area contributed by atoms with Gasteiger partial charge < -0.3 is 10.1 Å². The quantitative estimate of drug-likeness (QED) is 0.798. The lowest BCUT2D eigenvalue weighted by Gasteiger charge is -2.10. The SMILES string of the molecule is CCn1nc(C)c(Cl)c1CNCCc1ccccc1OC. The molecule has 4 nitrogen and oxygen atoms in total. The third-order valence-electron chi connectivity index (χ3n) is 3.51. The van der Waals surface area contributed by atoms with Crippen molar-refractivity contribution in [1.82, 2.24) is 15.1 Å². The Morgan fingerprint density at radius 1 is 1.33 bits per heavy atom. The molecule has 5 heteroatoms. The Labute approximate surface area is 131 Å². The fourth-order valence-electron chi connectivity index (χ4n) is 2.38. The topological polar surface area (TPSA) is 39.1 Å². The standard InChI is InChI=1S/C16H22ClN3O/c1-4-20-14(16(17)12(2)19-20)11-18-10-9-13-7-5-6-8-15(13)21-3/h5-8,18H,4,9-11H2,1-3H3. The van der Waals surface area contributed by atoms with E-state index in [1.54, 1.807) is 7.11 Å². The number of hydrogen-bond donors (Lipinski definition) is 1. The van der Waals surface area contributed by atoms with Gasteiger partial charge in [-0.1, -0.05) is 29.8 Å². The van der Waals surface area contributed by atoms with E-state index in [4.69, 9.17) is 16.3 Å². The van der Waals surface area contributed by atoms with E-state index in [9.17, 15) is 0 Å². The second-order valence-electron chi connectivity index (χ2n) is 4.90. The summed E-state index contributed by atoms with van der Waals surface area (Å²) < 4.78 is 7.31. The van der Waals surface area contributed by atoms with Gasteiger partial charge in [0.1, 0.15) is 5.75 Å². The zero-order valence-electron chi connectivity index (χ0n) is 12.8. The molecule has 2 aromatic rings. The molecule has 0 aliphatic heterocycles. The second-order valence-corrected chi connectivity index (χ2v) is 5.28. The van der Waals surface area contributed by atoms with Gasteiger partial charge in [0.05, 0.1) is 23.5 Å². The molecular weight excluding hydrogens is 286 g/mol. The second kappa shape index (κ2) is 7.48. The smallest absolute Gasteiger partial charge is 0.122 e. The first-order valence-electron chi connectivity index (χ1n) is 7.21. The number of aromatic nitrogens is 2. The van der Waals surface area contributed by atoms with Crippen LogP contribution in [0.1, 0.15) is 23.9 Å². The molecule has 0 spiro atoms. The molecular formula is C16H22ClN3O. The summed E-state index contributed by atoms with van der Waals surface area (Å²) in [6.07, 6.45) is 0.918. The Hall–Kier alpha value is -1.52. The third-order valence-corrected chi connectivity index (χ3v) is 4.00. The van der Waals surface area contributed by atoms with Gasteiger partial charge in [-0.25, -0.2) is 0 Å². The first kappa shape index (κ1) is 15.9. The number of hydrogen-bond acceptors (Lipinski definition) is 3. The van der Waals surface area contributed by atoms with E-state index in [1.165, 1.54) is 5.56 Å². The molecule has 2 rings (SSSR count). The van der Waals surface area contributed by atoms with Crippen molar-refractivity contribution in [3.8, 4) is 5.75 Å². The van der Waals surface area contributed by atoms with Gasteiger partial charge in [0, 0.05) is 13.1 Å². The Morgan fingerprint density at radius 2 is 2.10 bits per heavy atom. The first-order valence-corrected chi connectivity index (χ1v) is 7.59. The third kappa shape index (κ3) is 3.77. The van der Waals surface area contributed by atoms with Crippen LogP contribution in [-0.2, 0) is 19.5 Å². The van der Waals surface area contributed by atoms with Crippen molar-refractivity contribution in [2.75, 3.05) is 13.7 Å².